The molecular weight excluding hydrogens is 250 g/mol. The van der Waals surface area contributed by atoms with Crippen molar-refractivity contribution in [1.29, 1.82) is 0 Å². The molecule has 0 radical (unpaired) electrons. The van der Waals surface area contributed by atoms with E-state index in [0.29, 0.717) is 18.8 Å². The van der Waals surface area contributed by atoms with Crippen LogP contribution in [-0.4, -0.2) is 30.3 Å². The fourth-order valence-electron chi connectivity index (χ4n) is 1.72. The molecule has 1 aliphatic rings. The van der Waals surface area contributed by atoms with Gasteiger partial charge in [0.2, 0.25) is 5.91 Å². The molecule has 2 rings (SSSR count). The minimum absolute atomic E-state index is 0.132. The molecule has 4 nitrogen and oxygen atoms in total. The molecule has 0 aliphatic carbocycles. The third-order valence-corrected chi connectivity index (χ3v) is 3.90. The van der Waals surface area contributed by atoms with Crippen LogP contribution < -0.4 is 5.32 Å². The van der Waals surface area contributed by atoms with Crippen molar-refractivity contribution in [3.8, 4) is 0 Å². The van der Waals surface area contributed by atoms with E-state index in [9.17, 15) is 9.59 Å². The quantitative estimate of drug-likeness (QED) is 0.662. The second kappa shape index (κ2) is 5.91. The number of hydrogen-bond acceptors (Lipinski definition) is 4. The Hall–Kier alpha value is -1.49. The first kappa shape index (κ1) is 13.0. The van der Waals surface area contributed by atoms with Crippen molar-refractivity contribution in [3.63, 3.8) is 0 Å². The van der Waals surface area contributed by atoms with Gasteiger partial charge in [-0.3, -0.25) is 4.79 Å². The Labute approximate surface area is 110 Å². The van der Waals surface area contributed by atoms with E-state index in [1.54, 1.807) is 0 Å². The van der Waals surface area contributed by atoms with Crippen LogP contribution in [0.1, 0.15) is 12.0 Å². The molecular formula is C13H15NO3S. The normalized spacial score (nSPS) is 18.5. The lowest BCUT2D eigenvalue weighted by Gasteiger charge is -2.09. The summed E-state index contributed by atoms with van der Waals surface area (Å²) in [5, 5.41) is 2.68. The van der Waals surface area contributed by atoms with Gasteiger partial charge in [0.05, 0.1) is 12.4 Å². The summed E-state index contributed by atoms with van der Waals surface area (Å²) in [6, 6.07) is 7.44. The maximum absolute atomic E-state index is 11.7. The Morgan fingerprint density at radius 2 is 2.28 bits per heavy atom. The molecule has 1 fully saturated rings. The second-order valence-electron chi connectivity index (χ2n) is 4.13. The third kappa shape index (κ3) is 3.26. The number of hydrogen-bond donors (Lipinski definition) is 1. The molecule has 0 unspecified atom stereocenters. The maximum atomic E-state index is 11.7. The number of esters is 1. The summed E-state index contributed by atoms with van der Waals surface area (Å²) >= 11 is 1.48. The Kier molecular flexibility index (Phi) is 4.25. The standard InChI is InChI=1S/C13H15NO3S/c1-9-4-2-3-5-11(9)18-8-12(15)14-10-6-7-17-13(10)16/h2-5,10H,6-8H2,1H3,(H,14,15)/t10-/m0/s1. The minimum atomic E-state index is -0.463. The number of carbonyl (C=O) groups excluding carboxylic acids is 2. The van der Waals surface area contributed by atoms with E-state index in [1.807, 2.05) is 31.2 Å². The lowest BCUT2D eigenvalue weighted by atomic mass is 10.2. The van der Waals surface area contributed by atoms with E-state index in [2.05, 4.69) is 5.32 Å². The highest BCUT2D eigenvalue weighted by molar-refractivity contribution is 8.00. The van der Waals surface area contributed by atoms with Crippen molar-refractivity contribution < 1.29 is 14.3 Å². The molecule has 0 bridgehead atoms. The summed E-state index contributed by atoms with van der Waals surface area (Å²) in [6.07, 6.45) is 0.569. The highest BCUT2D eigenvalue weighted by Gasteiger charge is 2.27. The zero-order valence-corrected chi connectivity index (χ0v) is 11.0. The van der Waals surface area contributed by atoms with Crippen molar-refractivity contribution in [2.45, 2.75) is 24.3 Å². The van der Waals surface area contributed by atoms with Crippen LogP contribution in [0.3, 0.4) is 0 Å². The van der Waals surface area contributed by atoms with E-state index >= 15 is 0 Å². The lowest BCUT2D eigenvalue weighted by Crippen LogP contribution is -2.38. The van der Waals surface area contributed by atoms with Crippen molar-refractivity contribution >= 4 is 23.6 Å². The van der Waals surface area contributed by atoms with E-state index < -0.39 is 6.04 Å². The first-order valence-corrected chi connectivity index (χ1v) is 6.80. The van der Waals surface area contributed by atoms with Gasteiger partial charge in [0, 0.05) is 11.3 Å². The van der Waals surface area contributed by atoms with E-state index in [1.165, 1.54) is 11.8 Å². The maximum Gasteiger partial charge on any atom is 0.328 e. The molecule has 0 saturated carbocycles. The first-order chi connectivity index (χ1) is 8.66. The van der Waals surface area contributed by atoms with Gasteiger partial charge in [-0.25, -0.2) is 4.79 Å². The SMILES string of the molecule is Cc1ccccc1SCC(=O)N[C@H]1CCOC1=O. The number of nitrogens with one attached hydrogen (secondary N) is 1. The average molecular weight is 265 g/mol. The van der Waals surface area contributed by atoms with Gasteiger partial charge < -0.3 is 10.1 Å². The molecule has 18 heavy (non-hydrogen) atoms. The smallest absolute Gasteiger partial charge is 0.328 e. The molecule has 5 heteroatoms. The molecule has 0 spiro atoms. The van der Waals surface area contributed by atoms with Crippen LogP contribution in [-0.2, 0) is 14.3 Å². The number of aryl methyl sites for hydroxylation is 1. The van der Waals surface area contributed by atoms with Crippen LogP contribution in [0.15, 0.2) is 29.2 Å². The highest BCUT2D eigenvalue weighted by atomic mass is 32.2. The molecule has 1 atom stereocenters. The Bertz CT molecular complexity index is 461. The van der Waals surface area contributed by atoms with Gasteiger partial charge in [-0.05, 0) is 18.6 Å². The van der Waals surface area contributed by atoms with Gasteiger partial charge in [0.1, 0.15) is 6.04 Å². The second-order valence-corrected chi connectivity index (χ2v) is 5.15. The van der Waals surface area contributed by atoms with Crippen molar-refractivity contribution in [1.82, 2.24) is 5.32 Å². The predicted molar refractivity (Wildman–Crippen MR) is 69.4 cm³/mol. The Morgan fingerprint density at radius 3 is 2.94 bits per heavy atom. The van der Waals surface area contributed by atoms with Gasteiger partial charge >= 0.3 is 5.97 Å². The summed E-state index contributed by atoms with van der Waals surface area (Å²) in [6.45, 7) is 2.41. The first-order valence-electron chi connectivity index (χ1n) is 5.81. The number of carbonyl (C=O) groups is 2. The molecule has 1 saturated heterocycles. The average Bonchev–Trinajstić information content (AvgIpc) is 2.74. The van der Waals surface area contributed by atoms with Crippen LogP contribution in [0.4, 0.5) is 0 Å². The number of cyclic esters (lactones) is 1. The zero-order valence-electron chi connectivity index (χ0n) is 10.1. The number of ether oxygens (including phenoxy) is 1. The monoisotopic (exact) mass is 265 g/mol. The molecule has 96 valence electrons. The van der Waals surface area contributed by atoms with Crippen molar-refractivity contribution in [2.24, 2.45) is 0 Å². The van der Waals surface area contributed by atoms with Gasteiger partial charge in [0.15, 0.2) is 0 Å². The fraction of sp³-hybridized carbons (Fsp3) is 0.385. The van der Waals surface area contributed by atoms with Gasteiger partial charge in [0.25, 0.3) is 0 Å². The summed E-state index contributed by atoms with van der Waals surface area (Å²) in [4.78, 5) is 24.0. The van der Waals surface area contributed by atoms with E-state index in [4.69, 9.17) is 4.74 Å². The largest absolute Gasteiger partial charge is 0.464 e. The summed E-state index contributed by atoms with van der Waals surface area (Å²) < 4.78 is 4.79. The molecule has 1 N–H and O–H groups in total. The van der Waals surface area contributed by atoms with Crippen molar-refractivity contribution in [3.05, 3.63) is 29.8 Å². The van der Waals surface area contributed by atoms with Gasteiger partial charge in [-0.15, -0.1) is 11.8 Å². The predicted octanol–water partition coefficient (Wildman–Crippen LogP) is 1.52. The molecule has 1 amide bonds. The van der Waals surface area contributed by atoms with Crippen LogP contribution in [0.5, 0.6) is 0 Å². The fourth-order valence-corrected chi connectivity index (χ4v) is 2.57. The van der Waals surface area contributed by atoms with E-state index in [-0.39, 0.29) is 11.9 Å². The number of amides is 1. The van der Waals surface area contributed by atoms with E-state index in [0.717, 1.165) is 10.5 Å². The zero-order chi connectivity index (χ0) is 13.0. The number of thioether (sulfide) groups is 1. The van der Waals surface area contributed by atoms with Crippen LogP contribution in [0.2, 0.25) is 0 Å². The summed E-state index contributed by atoms with van der Waals surface area (Å²) in [5.41, 5.74) is 1.15. The molecule has 1 aliphatic heterocycles. The molecule has 1 aromatic carbocycles. The molecule has 1 aromatic rings. The summed E-state index contributed by atoms with van der Waals surface area (Å²) in [5.74, 6) is -0.148. The lowest BCUT2D eigenvalue weighted by molar-refractivity contribution is -0.141. The van der Waals surface area contributed by atoms with Crippen molar-refractivity contribution in [2.75, 3.05) is 12.4 Å². The minimum Gasteiger partial charge on any atom is -0.464 e. The molecule has 1 heterocycles. The van der Waals surface area contributed by atoms with Gasteiger partial charge in [-0.2, -0.15) is 0 Å². The van der Waals surface area contributed by atoms with Crippen LogP contribution in [0.25, 0.3) is 0 Å². The molecule has 0 aromatic heterocycles. The van der Waals surface area contributed by atoms with Crippen LogP contribution >= 0.6 is 11.8 Å². The number of benzene rings is 1. The number of rotatable bonds is 4. The summed E-state index contributed by atoms with van der Waals surface area (Å²) in [7, 11) is 0. The third-order valence-electron chi connectivity index (χ3n) is 2.72. The Balaban J connectivity index is 1.82. The highest BCUT2D eigenvalue weighted by Crippen LogP contribution is 2.21. The Morgan fingerprint density at radius 1 is 1.50 bits per heavy atom. The van der Waals surface area contributed by atoms with Crippen LogP contribution in [0, 0.1) is 6.92 Å². The van der Waals surface area contributed by atoms with Gasteiger partial charge in [-0.1, -0.05) is 18.2 Å². The topological polar surface area (TPSA) is 55.4 Å².